The monoisotopic (exact) mass is 515 g/mol. The van der Waals surface area contributed by atoms with Gasteiger partial charge in [0.25, 0.3) is 0 Å². The van der Waals surface area contributed by atoms with Crippen molar-refractivity contribution in [1.29, 1.82) is 0 Å². The second-order valence-corrected chi connectivity index (χ2v) is 12.7. The summed E-state index contributed by atoms with van der Waals surface area (Å²) in [5.74, 6) is 0.902. The summed E-state index contributed by atoms with van der Waals surface area (Å²) in [7, 11) is -1.62. The maximum absolute atomic E-state index is 14.5. The molecule has 2 saturated heterocycles. The van der Waals surface area contributed by atoms with E-state index in [0.717, 1.165) is 6.07 Å². The minimum atomic E-state index is -6.16. The molecule has 13 heteroatoms. The van der Waals surface area contributed by atoms with Gasteiger partial charge < -0.3 is 10.2 Å². The van der Waals surface area contributed by atoms with Crippen LogP contribution in [0.15, 0.2) is 22.8 Å². The molecule has 1 aromatic rings. The van der Waals surface area contributed by atoms with E-state index in [9.17, 15) is 40.4 Å². The van der Waals surface area contributed by atoms with Crippen molar-refractivity contribution in [3.63, 3.8) is 0 Å². The standard InChI is InChI=1S/C21H24F7N3O2S/c1-34(30-33)9-7-14(11-34)29-18(32)31-8-6-16-15-4-3-13(10-12(15)2-5-17(16)31)19(22,20(23,24)25)21(26,27)28/h3-4,10,14,16-17H,2,5-9,11H2,1H3,(H,29,32). The number of hydrogen-bond donors (Lipinski definition) is 1. The minimum absolute atomic E-state index is 0.126. The van der Waals surface area contributed by atoms with Crippen molar-refractivity contribution in [3.05, 3.63) is 39.8 Å². The quantitative estimate of drug-likeness (QED) is 0.416. The third kappa shape index (κ3) is 4.03. The van der Waals surface area contributed by atoms with Crippen molar-refractivity contribution >= 4 is 16.2 Å². The highest BCUT2D eigenvalue weighted by Gasteiger charge is 2.73. The van der Waals surface area contributed by atoms with E-state index < -0.39 is 33.8 Å². The lowest BCUT2D eigenvalue weighted by Crippen LogP contribution is -2.50. The molecule has 4 rings (SSSR count). The Balaban J connectivity index is 1.52. The highest BCUT2D eigenvalue weighted by molar-refractivity contribution is 8.32. The molecule has 4 unspecified atom stereocenters. The van der Waals surface area contributed by atoms with Crippen molar-refractivity contribution in [2.24, 2.45) is 4.58 Å². The fraction of sp³-hybridized carbons (Fsp3) is 0.667. The predicted octanol–water partition coefficient (Wildman–Crippen LogP) is 5.68. The zero-order chi connectivity index (χ0) is 25.1. The van der Waals surface area contributed by atoms with Crippen LogP contribution in [-0.2, 0) is 12.1 Å². The first-order valence-electron chi connectivity index (χ1n) is 10.8. The first-order chi connectivity index (χ1) is 15.7. The molecule has 2 heterocycles. The number of halogens is 7. The molecule has 5 nitrogen and oxygen atoms in total. The molecule has 0 bridgehead atoms. The van der Waals surface area contributed by atoms with Gasteiger partial charge in [0.15, 0.2) is 0 Å². The summed E-state index contributed by atoms with van der Waals surface area (Å²) in [6.07, 6.45) is -8.88. The zero-order valence-electron chi connectivity index (χ0n) is 18.2. The maximum Gasteiger partial charge on any atom is 0.435 e. The number of nitrogens with one attached hydrogen (secondary N) is 1. The van der Waals surface area contributed by atoms with E-state index in [1.807, 2.05) is 6.26 Å². The Kier molecular flexibility index (Phi) is 6.09. The van der Waals surface area contributed by atoms with E-state index in [1.54, 1.807) is 4.90 Å². The van der Waals surface area contributed by atoms with E-state index in [-0.39, 0.29) is 36.0 Å². The largest absolute Gasteiger partial charge is 0.435 e. The number of aryl methyl sites for hydroxylation is 1. The lowest BCUT2D eigenvalue weighted by Gasteiger charge is -2.35. The molecule has 0 aromatic heterocycles. The van der Waals surface area contributed by atoms with Crippen LogP contribution in [-0.4, -0.2) is 59.7 Å². The number of amides is 2. The number of nitroso groups, excluding NO2 is 1. The topological polar surface area (TPSA) is 61.8 Å². The molecule has 4 atom stereocenters. The molecule has 2 fully saturated rings. The third-order valence-corrected chi connectivity index (χ3v) is 9.81. The fourth-order valence-corrected chi connectivity index (χ4v) is 7.66. The third-order valence-electron chi connectivity index (χ3n) is 7.21. The smallest absolute Gasteiger partial charge is 0.334 e. The summed E-state index contributed by atoms with van der Waals surface area (Å²) in [5.41, 5.74) is -6.15. The van der Waals surface area contributed by atoms with Crippen molar-refractivity contribution in [1.82, 2.24) is 10.2 Å². The Labute approximate surface area is 192 Å². The van der Waals surface area contributed by atoms with E-state index in [2.05, 4.69) is 9.90 Å². The summed E-state index contributed by atoms with van der Waals surface area (Å²) in [6.45, 7) is 0.378. The molecule has 0 saturated carbocycles. The summed E-state index contributed by atoms with van der Waals surface area (Å²) in [5, 5.41) is 2.94. The van der Waals surface area contributed by atoms with Crippen LogP contribution in [0.3, 0.4) is 0 Å². The number of alkyl halides is 7. The average Bonchev–Trinajstić information content (AvgIpc) is 3.35. The molecule has 190 valence electrons. The number of urea groups is 1. The molecule has 2 amide bonds. The first kappa shape index (κ1) is 25.1. The highest BCUT2D eigenvalue weighted by atomic mass is 32.3. The van der Waals surface area contributed by atoms with Crippen molar-refractivity contribution < 1.29 is 35.5 Å². The van der Waals surface area contributed by atoms with Gasteiger partial charge in [-0.1, -0.05) is 18.2 Å². The normalized spacial score (nSPS) is 31.4. The lowest BCUT2D eigenvalue weighted by molar-refractivity contribution is -0.348. The molecule has 3 aliphatic rings. The summed E-state index contributed by atoms with van der Waals surface area (Å²) in [4.78, 5) is 25.6. The molecule has 2 aliphatic heterocycles. The lowest BCUT2D eigenvalue weighted by atomic mass is 9.77. The van der Waals surface area contributed by atoms with E-state index in [4.69, 9.17) is 0 Å². The fourth-order valence-electron chi connectivity index (χ4n) is 5.45. The van der Waals surface area contributed by atoms with Crippen molar-refractivity contribution in [3.8, 4) is 0 Å². The van der Waals surface area contributed by atoms with Gasteiger partial charge in [0.2, 0.25) is 0 Å². The molecule has 0 radical (unpaired) electrons. The molecular weight excluding hydrogens is 491 g/mol. The number of carbonyl (C=O) groups is 1. The van der Waals surface area contributed by atoms with Crippen LogP contribution >= 0.6 is 10.2 Å². The van der Waals surface area contributed by atoms with Gasteiger partial charge in [-0.05, 0) is 47.6 Å². The van der Waals surface area contributed by atoms with Crippen LogP contribution in [0.5, 0.6) is 0 Å². The Bertz CT molecular complexity index is 972. The second-order valence-electron chi connectivity index (χ2n) is 9.36. The van der Waals surface area contributed by atoms with Gasteiger partial charge in [-0.3, -0.25) is 0 Å². The Hall–Kier alpha value is -2.05. The zero-order valence-corrected chi connectivity index (χ0v) is 19.0. The van der Waals surface area contributed by atoms with Crippen molar-refractivity contribution in [2.75, 3.05) is 24.3 Å². The van der Waals surface area contributed by atoms with E-state index in [1.165, 1.54) is 0 Å². The molecule has 1 aliphatic carbocycles. The van der Waals surface area contributed by atoms with Crippen LogP contribution in [0.1, 0.15) is 41.9 Å². The van der Waals surface area contributed by atoms with Crippen LogP contribution in [0.2, 0.25) is 0 Å². The summed E-state index contributed by atoms with van der Waals surface area (Å²) >= 11 is 0. The molecule has 34 heavy (non-hydrogen) atoms. The van der Waals surface area contributed by atoms with Gasteiger partial charge in [0.05, 0.1) is 0 Å². The van der Waals surface area contributed by atoms with Crippen LogP contribution in [0.4, 0.5) is 35.5 Å². The van der Waals surface area contributed by atoms with Gasteiger partial charge in [0.1, 0.15) is 0 Å². The number of nitrogens with zero attached hydrogens (tertiary/aromatic N) is 2. The highest BCUT2D eigenvalue weighted by Crippen LogP contribution is 2.54. The Morgan fingerprint density at radius 3 is 2.35 bits per heavy atom. The number of fused-ring (bicyclic) bond motifs is 3. The van der Waals surface area contributed by atoms with Crippen molar-refractivity contribution in [2.45, 2.75) is 61.7 Å². The van der Waals surface area contributed by atoms with Crippen LogP contribution in [0.25, 0.3) is 0 Å². The van der Waals surface area contributed by atoms with Gasteiger partial charge in [-0.2, -0.15) is 26.3 Å². The SMILES string of the molecule is CS1(N=O)CCC(NC(=O)N2CCC3c4ccc(C(F)(C(F)(F)F)C(F)(F)F)cc4CCC32)C1. The van der Waals surface area contributed by atoms with Gasteiger partial charge in [-0.25, -0.2) is 9.18 Å². The predicted molar refractivity (Wildman–Crippen MR) is 113 cm³/mol. The maximum atomic E-state index is 14.5. The summed E-state index contributed by atoms with van der Waals surface area (Å²) < 4.78 is 96.6. The average molecular weight is 515 g/mol. The van der Waals surface area contributed by atoms with Crippen LogP contribution in [0, 0.1) is 4.91 Å². The van der Waals surface area contributed by atoms with Gasteiger partial charge in [-0.15, -0.1) is 15.1 Å². The van der Waals surface area contributed by atoms with E-state index in [0.29, 0.717) is 55.0 Å². The molecule has 0 spiro atoms. The Morgan fingerprint density at radius 1 is 1.09 bits per heavy atom. The Morgan fingerprint density at radius 2 is 1.76 bits per heavy atom. The summed E-state index contributed by atoms with van der Waals surface area (Å²) in [6, 6.07) is 1.64. The number of carbonyl (C=O) groups excluding carboxylic acids is 1. The van der Waals surface area contributed by atoms with E-state index >= 15 is 0 Å². The van der Waals surface area contributed by atoms with Crippen LogP contribution < -0.4 is 5.32 Å². The van der Waals surface area contributed by atoms with Gasteiger partial charge in [0, 0.05) is 41.6 Å². The first-order valence-corrected chi connectivity index (χ1v) is 13.1. The second kappa shape index (κ2) is 8.27. The number of benzene rings is 1. The van der Waals surface area contributed by atoms with Gasteiger partial charge >= 0.3 is 24.1 Å². The molecule has 1 aromatic carbocycles. The molecule has 1 N–H and O–H groups in total. The minimum Gasteiger partial charge on any atom is -0.334 e. The molecular formula is C21H24F7N3O2S. The number of rotatable bonds is 3. The number of hydrogen-bond acceptors (Lipinski definition) is 3. The number of likely N-dealkylation sites (tertiary alicyclic amines) is 1.